The fraction of sp³-hybridized carbons (Fsp3) is 0.118. The zero-order valence-electron chi connectivity index (χ0n) is 11.6. The van der Waals surface area contributed by atoms with Crippen molar-refractivity contribution in [3.63, 3.8) is 0 Å². The first-order valence-electron chi connectivity index (χ1n) is 6.78. The number of fused-ring (bicyclic) bond motifs is 1. The number of carbonyl (C=O) groups is 1. The number of aromatic carboxylic acids is 1. The lowest BCUT2D eigenvalue weighted by Crippen LogP contribution is -1.95. The van der Waals surface area contributed by atoms with Crippen molar-refractivity contribution >= 4 is 16.9 Å². The van der Waals surface area contributed by atoms with Crippen molar-refractivity contribution in [3.8, 4) is 11.5 Å². The summed E-state index contributed by atoms with van der Waals surface area (Å²) in [4.78, 5) is 14.1. The van der Waals surface area contributed by atoms with E-state index >= 15 is 0 Å². The molecular formula is C17H15NO3. The number of hydrogen-bond acceptors (Lipinski definition) is 2. The highest BCUT2D eigenvalue weighted by atomic mass is 16.5. The summed E-state index contributed by atoms with van der Waals surface area (Å²) in [5.74, 6) is 0.403. The van der Waals surface area contributed by atoms with Crippen LogP contribution in [0.25, 0.3) is 10.9 Å². The van der Waals surface area contributed by atoms with E-state index in [0.717, 1.165) is 23.1 Å². The van der Waals surface area contributed by atoms with Gasteiger partial charge in [-0.05, 0) is 55.0 Å². The molecule has 0 amide bonds. The van der Waals surface area contributed by atoms with Crippen molar-refractivity contribution in [3.05, 3.63) is 59.8 Å². The van der Waals surface area contributed by atoms with E-state index in [9.17, 15) is 4.79 Å². The van der Waals surface area contributed by atoms with Gasteiger partial charge in [0.1, 0.15) is 11.5 Å². The van der Waals surface area contributed by atoms with E-state index in [4.69, 9.17) is 9.84 Å². The summed E-state index contributed by atoms with van der Waals surface area (Å²) < 4.78 is 5.76. The highest BCUT2D eigenvalue weighted by molar-refractivity contribution is 5.87. The summed E-state index contributed by atoms with van der Waals surface area (Å²) in [6, 6.07) is 14.3. The van der Waals surface area contributed by atoms with E-state index in [1.165, 1.54) is 17.8 Å². The van der Waals surface area contributed by atoms with Gasteiger partial charge in [-0.1, -0.05) is 6.92 Å². The summed E-state index contributed by atoms with van der Waals surface area (Å²) in [7, 11) is 0. The molecule has 3 rings (SSSR count). The van der Waals surface area contributed by atoms with Crippen molar-refractivity contribution < 1.29 is 14.6 Å². The van der Waals surface area contributed by atoms with Gasteiger partial charge in [-0.25, -0.2) is 4.79 Å². The maximum absolute atomic E-state index is 10.8. The number of aryl methyl sites for hydroxylation is 1. The zero-order valence-corrected chi connectivity index (χ0v) is 11.6. The molecule has 0 spiro atoms. The monoisotopic (exact) mass is 281 g/mol. The lowest BCUT2D eigenvalue weighted by molar-refractivity contribution is 0.0697. The van der Waals surface area contributed by atoms with E-state index in [1.807, 2.05) is 18.2 Å². The van der Waals surface area contributed by atoms with Gasteiger partial charge < -0.3 is 14.8 Å². The lowest BCUT2D eigenvalue weighted by Gasteiger charge is -2.06. The Morgan fingerprint density at radius 2 is 1.81 bits per heavy atom. The van der Waals surface area contributed by atoms with Gasteiger partial charge in [0.2, 0.25) is 0 Å². The fourth-order valence-corrected chi connectivity index (χ4v) is 2.23. The van der Waals surface area contributed by atoms with Crippen molar-refractivity contribution in [2.45, 2.75) is 13.3 Å². The van der Waals surface area contributed by atoms with Gasteiger partial charge in [-0.3, -0.25) is 0 Å². The zero-order chi connectivity index (χ0) is 14.8. The molecule has 0 aliphatic heterocycles. The van der Waals surface area contributed by atoms with E-state index in [0.29, 0.717) is 5.75 Å². The van der Waals surface area contributed by atoms with E-state index in [2.05, 4.69) is 18.0 Å². The van der Waals surface area contributed by atoms with Gasteiger partial charge in [-0.15, -0.1) is 0 Å². The normalized spacial score (nSPS) is 10.7. The minimum absolute atomic E-state index is 0.246. The summed E-state index contributed by atoms with van der Waals surface area (Å²) >= 11 is 0. The first kappa shape index (κ1) is 13.2. The second-order valence-electron chi connectivity index (χ2n) is 4.83. The molecule has 0 atom stereocenters. The fourth-order valence-electron chi connectivity index (χ4n) is 2.23. The van der Waals surface area contributed by atoms with Crippen molar-refractivity contribution in [1.29, 1.82) is 0 Å². The average molecular weight is 281 g/mol. The third-order valence-corrected chi connectivity index (χ3v) is 3.37. The molecule has 0 saturated heterocycles. The molecule has 2 N–H and O–H groups in total. The molecule has 1 heterocycles. The second kappa shape index (κ2) is 5.32. The number of aromatic amines is 1. The van der Waals surface area contributed by atoms with Gasteiger partial charge in [0.15, 0.2) is 0 Å². The topological polar surface area (TPSA) is 62.3 Å². The smallest absolute Gasteiger partial charge is 0.335 e. The van der Waals surface area contributed by atoms with Crippen LogP contribution in [0.3, 0.4) is 0 Å². The molecule has 0 unspecified atom stereocenters. The summed E-state index contributed by atoms with van der Waals surface area (Å²) in [5, 5.41) is 9.97. The molecule has 4 heteroatoms. The second-order valence-corrected chi connectivity index (χ2v) is 4.83. The highest BCUT2D eigenvalue weighted by Crippen LogP contribution is 2.26. The number of carboxylic acid groups (broad SMARTS) is 1. The Kier molecular flexibility index (Phi) is 3.36. The van der Waals surface area contributed by atoms with Crippen LogP contribution >= 0.6 is 0 Å². The SMILES string of the molecule is CCc1cc2cc(Oc3ccc(C(=O)O)cc3)ccc2[nH]1. The van der Waals surface area contributed by atoms with Gasteiger partial charge in [-0.2, -0.15) is 0 Å². The van der Waals surface area contributed by atoms with Crippen molar-refractivity contribution in [2.24, 2.45) is 0 Å². The van der Waals surface area contributed by atoms with Crippen LogP contribution in [0.2, 0.25) is 0 Å². The Morgan fingerprint density at radius 1 is 1.10 bits per heavy atom. The molecule has 106 valence electrons. The van der Waals surface area contributed by atoms with Gasteiger partial charge in [0.05, 0.1) is 5.56 Å². The molecule has 3 aromatic rings. The molecule has 21 heavy (non-hydrogen) atoms. The Morgan fingerprint density at radius 3 is 2.48 bits per heavy atom. The van der Waals surface area contributed by atoms with Crippen LogP contribution in [0.15, 0.2) is 48.5 Å². The minimum Gasteiger partial charge on any atom is -0.478 e. The maximum Gasteiger partial charge on any atom is 0.335 e. The molecule has 2 aromatic carbocycles. The predicted molar refractivity (Wildman–Crippen MR) is 81.2 cm³/mol. The average Bonchev–Trinajstić information content (AvgIpc) is 2.90. The number of nitrogens with one attached hydrogen (secondary N) is 1. The predicted octanol–water partition coefficient (Wildman–Crippen LogP) is 4.22. The van der Waals surface area contributed by atoms with E-state index in [1.54, 1.807) is 12.1 Å². The molecular weight excluding hydrogens is 266 g/mol. The van der Waals surface area contributed by atoms with Gasteiger partial charge >= 0.3 is 5.97 Å². The number of hydrogen-bond donors (Lipinski definition) is 2. The summed E-state index contributed by atoms with van der Waals surface area (Å²) in [6.07, 6.45) is 0.960. The maximum atomic E-state index is 10.8. The van der Waals surface area contributed by atoms with Crippen LogP contribution in [0.5, 0.6) is 11.5 Å². The number of carboxylic acids is 1. The van der Waals surface area contributed by atoms with E-state index < -0.39 is 5.97 Å². The Balaban J connectivity index is 1.85. The third-order valence-electron chi connectivity index (χ3n) is 3.37. The van der Waals surface area contributed by atoms with Gasteiger partial charge in [0, 0.05) is 16.6 Å². The van der Waals surface area contributed by atoms with Crippen LogP contribution in [-0.2, 0) is 6.42 Å². The van der Waals surface area contributed by atoms with Crippen molar-refractivity contribution in [2.75, 3.05) is 0 Å². The van der Waals surface area contributed by atoms with Crippen LogP contribution in [0.4, 0.5) is 0 Å². The first-order chi connectivity index (χ1) is 10.2. The quantitative estimate of drug-likeness (QED) is 0.752. The summed E-state index contributed by atoms with van der Waals surface area (Å²) in [5.41, 5.74) is 2.52. The Hall–Kier alpha value is -2.75. The number of ether oxygens (including phenoxy) is 1. The van der Waals surface area contributed by atoms with Crippen LogP contribution < -0.4 is 4.74 Å². The van der Waals surface area contributed by atoms with Crippen molar-refractivity contribution in [1.82, 2.24) is 4.98 Å². The molecule has 0 bridgehead atoms. The molecule has 0 aliphatic carbocycles. The molecule has 0 aliphatic rings. The summed E-state index contributed by atoms with van der Waals surface area (Å²) in [6.45, 7) is 2.10. The third kappa shape index (κ3) is 2.74. The number of H-pyrrole nitrogens is 1. The van der Waals surface area contributed by atoms with Crippen LogP contribution in [-0.4, -0.2) is 16.1 Å². The van der Waals surface area contributed by atoms with E-state index in [-0.39, 0.29) is 5.56 Å². The minimum atomic E-state index is -0.942. The largest absolute Gasteiger partial charge is 0.478 e. The standard InChI is InChI=1S/C17H15NO3/c1-2-13-9-12-10-15(7-8-16(12)18-13)21-14-5-3-11(4-6-14)17(19)20/h3-10,18H,2H2,1H3,(H,19,20). The Labute approximate surface area is 122 Å². The first-order valence-corrected chi connectivity index (χ1v) is 6.78. The highest BCUT2D eigenvalue weighted by Gasteiger charge is 2.05. The number of benzene rings is 2. The molecule has 0 radical (unpaired) electrons. The van der Waals surface area contributed by atoms with Crippen LogP contribution in [0.1, 0.15) is 23.0 Å². The lowest BCUT2D eigenvalue weighted by atomic mass is 10.2. The molecule has 1 aromatic heterocycles. The molecule has 4 nitrogen and oxygen atoms in total. The number of aromatic nitrogens is 1. The van der Waals surface area contributed by atoms with Gasteiger partial charge in [0.25, 0.3) is 0 Å². The van der Waals surface area contributed by atoms with Crippen LogP contribution in [0, 0.1) is 0 Å². The molecule has 0 fully saturated rings. The molecule has 0 saturated carbocycles. The number of rotatable bonds is 4. The Bertz CT molecular complexity index is 787.